The highest BCUT2D eigenvalue weighted by atomic mass is 16.3. The lowest BCUT2D eigenvalue weighted by Crippen LogP contribution is -2.02. The molecule has 0 radical (unpaired) electrons. The van der Waals surface area contributed by atoms with E-state index in [4.69, 9.17) is 0 Å². The van der Waals surface area contributed by atoms with Crippen molar-refractivity contribution in [1.82, 2.24) is 9.78 Å². The van der Waals surface area contributed by atoms with E-state index in [1.165, 1.54) is 5.56 Å². The Labute approximate surface area is 127 Å². The van der Waals surface area contributed by atoms with Crippen LogP contribution in [0.2, 0.25) is 0 Å². The van der Waals surface area contributed by atoms with Gasteiger partial charge in [-0.3, -0.25) is 0 Å². The Kier molecular flexibility index (Phi) is 5.43. The van der Waals surface area contributed by atoms with Crippen LogP contribution >= 0.6 is 0 Å². The molecule has 0 amide bonds. The molecule has 0 aliphatic rings. The van der Waals surface area contributed by atoms with Crippen LogP contribution < -0.4 is 0 Å². The fourth-order valence-corrected chi connectivity index (χ4v) is 2.48. The standard InChI is InChI=1S/C18H26N2O/c1-4-6-8-16-18(21)17(9-7-5-2)20(19-16)15-12-10-14(3)11-13-15/h10-13,21H,4-9H2,1-3H3. The Bertz CT molecular complexity index is 570. The summed E-state index contributed by atoms with van der Waals surface area (Å²) in [5.41, 5.74) is 4.05. The average Bonchev–Trinajstić information content (AvgIpc) is 2.80. The molecule has 114 valence electrons. The monoisotopic (exact) mass is 286 g/mol. The fourth-order valence-electron chi connectivity index (χ4n) is 2.48. The SMILES string of the molecule is CCCCc1nn(-c2ccc(C)cc2)c(CCCC)c1O. The largest absolute Gasteiger partial charge is 0.504 e. The maximum Gasteiger partial charge on any atom is 0.160 e. The van der Waals surface area contributed by atoms with Crippen molar-refractivity contribution in [2.45, 2.75) is 59.3 Å². The molecule has 1 aromatic carbocycles. The zero-order chi connectivity index (χ0) is 15.2. The molecular weight excluding hydrogens is 260 g/mol. The quantitative estimate of drug-likeness (QED) is 0.809. The van der Waals surface area contributed by atoms with Gasteiger partial charge in [0, 0.05) is 0 Å². The Morgan fingerprint density at radius 3 is 2.24 bits per heavy atom. The summed E-state index contributed by atoms with van der Waals surface area (Å²) in [5, 5.41) is 15.2. The van der Waals surface area contributed by atoms with E-state index in [1.807, 2.05) is 4.68 Å². The first kappa shape index (κ1) is 15.6. The predicted octanol–water partition coefficient (Wildman–Crippen LogP) is 4.57. The van der Waals surface area contributed by atoms with Crippen molar-refractivity contribution in [2.75, 3.05) is 0 Å². The molecular formula is C18H26N2O. The number of hydrogen-bond donors (Lipinski definition) is 1. The van der Waals surface area contributed by atoms with Crippen LogP contribution in [0.1, 0.15) is 56.5 Å². The number of unbranched alkanes of at least 4 members (excludes halogenated alkanes) is 2. The summed E-state index contributed by atoms with van der Waals surface area (Å²) in [4.78, 5) is 0. The molecule has 0 aliphatic heterocycles. The second-order valence-corrected chi connectivity index (χ2v) is 5.70. The Morgan fingerprint density at radius 1 is 1.00 bits per heavy atom. The number of aromatic nitrogens is 2. The molecule has 0 fully saturated rings. The fraction of sp³-hybridized carbons (Fsp3) is 0.500. The molecule has 1 N–H and O–H groups in total. The van der Waals surface area contributed by atoms with Gasteiger partial charge >= 0.3 is 0 Å². The van der Waals surface area contributed by atoms with Crippen LogP contribution in [-0.2, 0) is 12.8 Å². The molecule has 21 heavy (non-hydrogen) atoms. The third kappa shape index (κ3) is 3.66. The molecule has 0 saturated carbocycles. The minimum atomic E-state index is 0.400. The number of hydrogen-bond acceptors (Lipinski definition) is 2. The lowest BCUT2D eigenvalue weighted by Gasteiger charge is -2.07. The van der Waals surface area contributed by atoms with Crippen molar-refractivity contribution in [3.8, 4) is 11.4 Å². The number of rotatable bonds is 7. The summed E-state index contributed by atoms with van der Waals surface area (Å²) in [7, 11) is 0. The molecule has 0 atom stereocenters. The Balaban J connectivity index is 2.39. The molecule has 3 heteroatoms. The van der Waals surface area contributed by atoms with Gasteiger partial charge in [0.25, 0.3) is 0 Å². The highest BCUT2D eigenvalue weighted by molar-refractivity contribution is 5.42. The van der Waals surface area contributed by atoms with Gasteiger partial charge in [-0.2, -0.15) is 5.10 Å². The first-order valence-electron chi connectivity index (χ1n) is 8.04. The van der Waals surface area contributed by atoms with E-state index in [1.54, 1.807) is 0 Å². The van der Waals surface area contributed by atoms with Crippen LogP contribution in [0.5, 0.6) is 5.75 Å². The van der Waals surface area contributed by atoms with Crippen molar-refractivity contribution in [1.29, 1.82) is 0 Å². The number of nitrogens with zero attached hydrogens (tertiary/aromatic N) is 2. The average molecular weight is 286 g/mol. The van der Waals surface area contributed by atoms with Crippen molar-refractivity contribution < 1.29 is 5.11 Å². The number of benzene rings is 1. The smallest absolute Gasteiger partial charge is 0.160 e. The van der Waals surface area contributed by atoms with Gasteiger partial charge in [-0.15, -0.1) is 0 Å². The predicted molar refractivity (Wildman–Crippen MR) is 87.2 cm³/mol. The van der Waals surface area contributed by atoms with E-state index in [-0.39, 0.29) is 0 Å². The number of aromatic hydroxyl groups is 1. The molecule has 0 saturated heterocycles. The summed E-state index contributed by atoms with van der Waals surface area (Å²) in [6.45, 7) is 6.41. The molecule has 0 spiro atoms. The topological polar surface area (TPSA) is 38.0 Å². The van der Waals surface area contributed by atoms with Gasteiger partial charge < -0.3 is 5.11 Å². The molecule has 2 aromatic rings. The molecule has 0 aliphatic carbocycles. The normalized spacial score (nSPS) is 11.0. The van der Waals surface area contributed by atoms with Gasteiger partial charge in [-0.25, -0.2) is 4.68 Å². The van der Waals surface area contributed by atoms with Gasteiger partial charge in [0.15, 0.2) is 5.75 Å². The molecule has 1 heterocycles. The van der Waals surface area contributed by atoms with Crippen LogP contribution in [0.4, 0.5) is 0 Å². The lowest BCUT2D eigenvalue weighted by molar-refractivity contribution is 0.458. The third-order valence-corrected chi connectivity index (χ3v) is 3.84. The summed E-state index contributed by atoms with van der Waals surface area (Å²) in [6.07, 6.45) is 6.07. The van der Waals surface area contributed by atoms with Crippen LogP contribution in [0, 0.1) is 6.92 Å². The number of aryl methyl sites for hydroxylation is 2. The Morgan fingerprint density at radius 2 is 1.62 bits per heavy atom. The van der Waals surface area contributed by atoms with Gasteiger partial charge in [0.05, 0.1) is 11.4 Å². The highest BCUT2D eigenvalue weighted by Gasteiger charge is 2.17. The van der Waals surface area contributed by atoms with E-state index < -0.39 is 0 Å². The van der Waals surface area contributed by atoms with Crippen molar-refractivity contribution in [2.24, 2.45) is 0 Å². The molecule has 2 rings (SSSR count). The third-order valence-electron chi connectivity index (χ3n) is 3.84. The summed E-state index contributed by atoms with van der Waals surface area (Å²) in [5.74, 6) is 0.400. The summed E-state index contributed by atoms with van der Waals surface area (Å²) >= 11 is 0. The maximum atomic E-state index is 10.5. The van der Waals surface area contributed by atoms with Gasteiger partial charge in [0.2, 0.25) is 0 Å². The zero-order valence-electron chi connectivity index (χ0n) is 13.4. The molecule has 0 bridgehead atoms. The molecule has 1 aromatic heterocycles. The highest BCUT2D eigenvalue weighted by Crippen LogP contribution is 2.28. The van der Waals surface area contributed by atoms with E-state index >= 15 is 0 Å². The van der Waals surface area contributed by atoms with E-state index in [9.17, 15) is 5.11 Å². The minimum Gasteiger partial charge on any atom is -0.504 e. The second kappa shape index (κ2) is 7.30. The maximum absolute atomic E-state index is 10.5. The Hall–Kier alpha value is -1.77. The molecule has 0 unspecified atom stereocenters. The first-order valence-corrected chi connectivity index (χ1v) is 8.04. The van der Waals surface area contributed by atoms with Crippen LogP contribution in [0.25, 0.3) is 5.69 Å². The minimum absolute atomic E-state index is 0.400. The van der Waals surface area contributed by atoms with Crippen molar-refractivity contribution in [3.63, 3.8) is 0 Å². The van der Waals surface area contributed by atoms with E-state index in [0.29, 0.717) is 5.75 Å². The van der Waals surface area contributed by atoms with Gasteiger partial charge in [-0.05, 0) is 44.7 Å². The molecule has 3 nitrogen and oxygen atoms in total. The summed E-state index contributed by atoms with van der Waals surface area (Å²) in [6, 6.07) is 8.31. The van der Waals surface area contributed by atoms with Crippen molar-refractivity contribution in [3.05, 3.63) is 41.2 Å². The van der Waals surface area contributed by atoms with Crippen LogP contribution in [0.15, 0.2) is 24.3 Å². The van der Waals surface area contributed by atoms with Crippen LogP contribution in [-0.4, -0.2) is 14.9 Å². The van der Waals surface area contributed by atoms with E-state index in [0.717, 1.165) is 55.6 Å². The van der Waals surface area contributed by atoms with Crippen molar-refractivity contribution >= 4 is 0 Å². The van der Waals surface area contributed by atoms with Crippen LogP contribution in [0.3, 0.4) is 0 Å². The lowest BCUT2D eigenvalue weighted by atomic mass is 10.1. The van der Waals surface area contributed by atoms with Gasteiger partial charge in [-0.1, -0.05) is 44.4 Å². The van der Waals surface area contributed by atoms with Gasteiger partial charge in [0.1, 0.15) is 5.69 Å². The van der Waals surface area contributed by atoms with E-state index in [2.05, 4.69) is 50.1 Å². The summed E-state index contributed by atoms with van der Waals surface area (Å²) < 4.78 is 1.93. The second-order valence-electron chi connectivity index (χ2n) is 5.70. The zero-order valence-corrected chi connectivity index (χ0v) is 13.4. The first-order chi connectivity index (χ1) is 10.2.